The molecule has 6 heteroatoms. The molecule has 4 aromatic carbocycles. The molecule has 0 saturated carbocycles. The van der Waals surface area contributed by atoms with Crippen LogP contribution in [0.5, 0.6) is 0 Å². The zero-order valence-corrected chi connectivity index (χ0v) is 18.1. The van der Waals surface area contributed by atoms with Crippen LogP contribution in [-0.4, -0.2) is 14.3 Å². The Balaban J connectivity index is 1.79. The van der Waals surface area contributed by atoms with Gasteiger partial charge in [0.15, 0.2) is 0 Å². The van der Waals surface area contributed by atoms with E-state index in [-0.39, 0.29) is 22.9 Å². The fourth-order valence-corrected chi connectivity index (χ4v) is 4.86. The van der Waals surface area contributed by atoms with Gasteiger partial charge in [-0.2, -0.15) is 0 Å². The second-order valence-electron chi connectivity index (χ2n) is 7.15. The lowest BCUT2D eigenvalue weighted by Gasteiger charge is -2.26. The second-order valence-corrected chi connectivity index (χ2v) is 9.01. The molecule has 1 N–H and O–H groups in total. The van der Waals surface area contributed by atoms with E-state index < -0.39 is 10.0 Å². The van der Waals surface area contributed by atoms with E-state index in [9.17, 15) is 13.2 Å². The van der Waals surface area contributed by atoms with Crippen LogP contribution in [0.1, 0.15) is 15.9 Å². The summed E-state index contributed by atoms with van der Waals surface area (Å²) in [7, 11) is -3.93. The van der Waals surface area contributed by atoms with E-state index in [1.165, 1.54) is 4.31 Å². The van der Waals surface area contributed by atoms with Crippen molar-refractivity contribution >= 4 is 27.3 Å². The first kappa shape index (κ1) is 21.3. The van der Waals surface area contributed by atoms with Crippen LogP contribution < -0.4 is 9.62 Å². The number of hydrogen-bond acceptors (Lipinski definition) is 3. The molecular weight excluding hydrogens is 420 g/mol. The van der Waals surface area contributed by atoms with Gasteiger partial charge in [0.2, 0.25) is 0 Å². The minimum atomic E-state index is -3.93. The summed E-state index contributed by atoms with van der Waals surface area (Å²) >= 11 is 0. The Morgan fingerprint density at radius 2 is 1.22 bits per heavy atom. The standard InChI is InChI=1S/C26H22N2O3S/c29-26(27-22-14-6-2-7-15-22)24-18-10-11-19-25(24)28(20-21-12-4-1-5-13-21)32(30,31)23-16-8-3-9-17-23/h1-19H,20H2,(H,27,29). The SMILES string of the molecule is O=C(Nc1ccccc1)c1ccccc1N(Cc1ccccc1)S(=O)(=O)c1ccccc1. The first-order valence-electron chi connectivity index (χ1n) is 10.1. The number of sulfonamides is 1. The van der Waals surface area contributed by atoms with Gasteiger partial charge in [0.25, 0.3) is 15.9 Å². The predicted molar refractivity (Wildman–Crippen MR) is 127 cm³/mol. The average Bonchev–Trinajstić information content (AvgIpc) is 2.84. The Morgan fingerprint density at radius 3 is 1.88 bits per heavy atom. The highest BCUT2D eigenvalue weighted by Gasteiger charge is 2.28. The lowest BCUT2D eigenvalue weighted by Crippen LogP contribution is -2.32. The van der Waals surface area contributed by atoms with Crippen molar-refractivity contribution in [3.05, 3.63) is 126 Å². The van der Waals surface area contributed by atoms with Crippen molar-refractivity contribution < 1.29 is 13.2 Å². The van der Waals surface area contributed by atoms with Crippen LogP contribution in [0.15, 0.2) is 120 Å². The van der Waals surface area contributed by atoms with Crippen LogP contribution in [0.25, 0.3) is 0 Å². The largest absolute Gasteiger partial charge is 0.322 e. The molecule has 0 radical (unpaired) electrons. The van der Waals surface area contributed by atoms with Crippen molar-refractivity contribution in [2.24, 2.45) is 0 Å². The topological polar surface area (TPSA) is 66.5 Å². The number of rotatable bonds is 7. The van der Waals surface area contributed by atoms with Gasteiger partial charge in [0.05, 0.1) is 22.7 Å². The highest BCUT2D eigenvalue weighted by molar-refractivity contribution is 7.92. The minimum Gasteiger partial charge on any atom is -0.322 e. The lowest BCUT2D eigenvalue weighted by atomic mass is 10.1. The monoisotopic (exact) mass is 442 g/mol. The van der Waals surface area contributed by atoms with Crippen molar-refractivity contribution in [2.75, 3.05) is 9.62 Å². The molecule has 0 aliphatic rings. The fraction of sp³-hybridized carbons (Fsp3) is 0.0385. The molecule has 32 heavy (non-hydrogen) atoms. The third kappa shape index (κ3) is 4.71. The Morgan fingerprint density at radius 1 is 0.688 bits per heavy atom. The van der Waals surface area contributed by atoms with Crippen LogP contribution in [0, 0.1) is 0 Å². The summed E-state index contributed by atoms with van der Waals surface area (Å²) in [6.45, 7) is 0.0910. The van der Waals surface area contributed by atoms with Crippen LogP contribution in [0.3, 0.4) is 0 Å². The molecule has 1 amide bonds. The second kappa shape index (κ2) is 9.49. The third-order valence-corrected chi connectivity index (χ3v) is 6.72. The first-order chi connectivity index (χ1) is 15.6. The summed E-state index contributed by atoms with van der Waals surface area (Å²) < 4.78 is 28.6. The molecule has 0 unspecified atom stereocenters. The lowest BCUT2D eigenvalue weighted by molar-refractivity contribution is 0.102. The zero-order valence-electron chi connectivity index (χ0n) is 17.3. The normalized spacial score (nSPS) is 11.0. The van der Waals surface area contributed by atoms with Gasteiger partial charge in [0, 0.05) is 5.69 Å². The van der Waals surface area contributed by atoms with Gasteiger partial charge in [-0.3, -0.25) is 9.10 Å². The number of carbonyl (C=O) groups is 1. The van der Waals surface area contributed by atoms with Crippen LogP contribution >= 0.6 is 0 Å². The van der Waals surface area contributed by atoms with Gasteiger partial charge in [-0.05, 0) is 42.0 Å². The Hall–Kier alpha value is -3.90. The van der Waals surface area contributed by atoms with E-state index in [2.05, 4.69) is 5.32 Å². The minimum absolute atomic E-state index is 0.0910. The molecular formula is C26H22N2O3S. The van der Waals surface area contributed by atoms with E-state index in [1.807, 2.05) is 48.5 Å². The van der Waals surface area contributed by atoms with Gasteiger partial charge < -0.3 is 5.32 Å². The molecule has 4 rings (SSSR count). The predicted octanol–water partition coefficient (Wildman–Crippen LogP) is 5.33. The summed E-state index contributed by atoms with van der Waals surface area (Å²) in [4.78, 5) is 13.3. The Labute approximate surface area is 188 Å². The number of nitrogens with one attached hydrogen (secondary N) is 1. The molecule has 0 aromatic heterocycles. The van der Waals surface area contributed by atoms with Gasteiger partial charge in [-0.1, -0.05) is 78.9 Å². The molecule has 0 fully saturated rings. The van der Waals surface area contributed by atoms with E-state index in [0.717, 1.165) is 5.56 Å². The summed E-state index contributed by atoms with van der Waals surface area (Å²) in [5.74, 6) is -0.381. The van der Waals surface area contributed by atoms with Crippen LogP contribution in [0.4, 0.5) is 11.4 Å². The molecule has 4 aromatic rings. The number of anilines is 2. The fourth-order valence-electron chi connectivity index (χ4n) is 3.37. The van der Waals surface area contributed by atoms with Crippen molar-refractivity contribution in [1.82, 2.24) is 0 Å². The Bertz CT molecular complexity index is 1290. The van der Waals surface area contributed by atoms with Gasteiger partial charge >= 0.3 is 0 Å². The van der Waals surface area contributed by atoms with Gasteiger partial charge in [-0.25, -0.2) is 8.42 Å². The van der Waals surface area contributed by atoms with E-state index in [4.69, 9.17) is 0 Å². The molecule has 0 bridgehead atoms. The summed E-state index contributed by atoms with van der Waals surface area (Å²) in [5.41, 5.74) is 2.03. The summed E-state index contributed by atoms with van der Waals surface area (Å²) in [6, 6.07) is 33.4. The van der Waals surface area contributed by atoms with E-state index in [0.29, 0.717) is 11.4 Å². The molecule has 0 aliphatic heterocycles. The number of para-hydroxylation sites is 2. The van der Waals surface area contributed by atoms with Crippen molar-refractivity contribution in [3.63, 3.8) is 0 Å². The smallest absolute Gasteiger partial charge is 0.264 e. The number of nitrogens with zero attached hydrogens (tertiary/aromatic N) is 1. The van der Waals surface area contributed by atoms with Crippen LogP contribution in [0.2, 0.25) is 0 Å². The molecule has 0 aliphatic carbocycles. The van der Waals surface area contributed by atoms with E-state index >= 15 is 0 Å². The maximum Gasteiger partial charge on any atom is 0.264 e. The first-order valence-corrected chi connectivity index (χ1v) is 11.6. The molecule has 5 nitrogen and oxygen atoms in total. The summed E-state index contributed by atoms with van der Waals surface area (Å²) in [6.07, 6.45) is 0. The maximum absolute atomic E-state index is 13.7. The Kier molecular flexibility index (Phi) is 6.33. The summed E-state index contributed by atoms with van der Waals surface area (Å²) in [5, 5.41) is 2.85. The molecule has 0 atom stereocenters. The van der Waals surface area contributed by atoms with Crippen molar-refractivity contribution in [2.45, 2.75) is 11.4 Å². The maximum atomic E-state index is 13.7. The number of benzene rings is 4. The highest BCUT2D eigenvalue weighted by Crippen LogP contribution is 2.29. The third-order valence-electron chi connectivity index (χ3n) is 4.95. The number of amides is 1. The van der Waals surface area contributed by atoms with Gasteiger partial charge in [0.1, 0.15) is 0 Å². The van der Waals surface area contributed by atoms with Crippen LogP contribution in [-0.2, 0) is 16.6 Å². The number of hydrogen-bond donors (Lipinski definition) is 1. The quantitative estimate of drug-likeness (QED) is 0.420. The van der Waals surface area contributed by atoms with Crippen molar-refractivity contribution in [3.8, 4) is 0 Å². The number of carbonyl (C=O) groups excluding carboxylic acids is 1. The van der Waals surface area contributed by atoms with E-state index in [1.54, 1.807) is 66.7 Å². The molecule has 0 heterocycles. The highest BCUT2D eigenvalue weighted by atomic mass is 32.2. The van der Waals surface area contributed by atoms with Crippen molar-refractivity contribution in [1.29, 1.82) is 0 Å². The van der Waals surface area contributed by atoms with Gasteiger partial charge in [-0.15, -0.1) is 0 Å². The molecule has 0 saturated heterocycles. The average molecular weight is 443 g/mol. The molecule has 0 spiro atoms. The molecule has 160 valence electrons. The zero-order chi connectivity index (χ0) is 22.4.